The Morgan fingerprint density at radius 3 is 2.42 bits per heavy atom. The molecule has 1 heterocycles. The van der Waals surface area contributed by atoms with Gasteiger partial charge in [-0.3, -0.25) is 9.89 Å². The van der Waals surface area contributed by atoms with Crippen molar-refractivity contribution in [1.82, 2.24) is 9.78 Å². The third kappa shape index (κ3) is 2.25. The molecule has 3 rings (SSSR count). The molecule has 0 spiro atoms. The second kappa shape index (κ2) is 4.72. The number of benzene rings is 1. The number of hydrogen-bond donors (Lipinski definition) is 1. The lowest BCUT2D eigenvalue weighted by molar-refractivity contribution is 0.689. The maximum absolute atomic E-state index is 12.5. The van der Waals surface area contributed by atoms with Gasteiger partial charge in [-0.15, -0.1) is 0 Å². The molecule has 1 aromatic carbocycles. The minimum atomic E-state index is 0.141. The number of nitrogens with zero attached hydrogens (tertiary/aromatic N) is 1. The van der Waals surface area contributed by atoms with Crippen LogP contribution in [0.2, 0.25) is 0 Å². The van der Waals surface area contributed by atoms with Crippen LogP contribution in [0.25, 0.3) is 5.69 Å². The molecule has 100 valence electrons. The summed E-state index contributed by atoms with van der Waals surface area (Å²) in [6, 6.07) is 6.25. The average molecular weight is 256 g/mol. The summed E-state index contributed by atoms with van der Waals surface area (Å²) in [4.78, 5) is 12.5. The summed E-state index contributed by atoms with van der Waals surface area (Å²) in [5.74, 6) is 0. The number of fused-ring (bicyclic) bond motifs is 1. The number of aryl methyl sites for hydroxylation is 3. The molecule has 0 saturated heterocycles. The van der Waals surface area contributed by atoms with E-state index in [0.717, 1.165) is 36.2 Å². The molecule has 1 aliphatic rings. The lowest BCUT2D eigenvalue weighted by Gasteiger charge is -2.05. The smallest absolute Gasteiger partial charge is 0.274 e. The molecule has 1 aromatic heterocycles. The van der Waals surface area contributed by atoms with Crippen LogP contribution in [0.5, 0.6) is 0 Å². The van der Waals surface area contributed by atoms with Crippen LogP contribution in [0.4, 0.5) is 0 Å². The Morgan fingerprint density at radius 1 is 1.00 bits per heavy atom. The highest BCUT2D eigenvalue weighted by atomic mass is 16.1. The van der Waals surface area contributed by atoms with Gasteiger partial charge in [0.1, 0.15) is 0 Å². The number of aromatic amines is 1. The van der Waals surface area contributed by atoms with Crippen molar-refractivity contribution in [1.29, 1.82) is 0 Å². The van der Waals surface area contributed by atoms with Crippen LogP contribution in [0, 0.1) is 13.8 Å². The van der Waals surface area contributed by atoms with Gasteiger partial charge in [0.2, 0.25) is 0 Å². The molecule has 1 aliphatic carbocycles. The third-order valence-corrected chi connectivity index (χ3v) is 3.89. The average Bonchev–Trinajstić information content (AvgIpc) is 2.55. The molecular weight excluding hydrogens is 236 g/mol. The first-order valence-corrected chi connectivity index (χ1v) is 7.06. The van der Waals surface area contributed by atoms with Crippen LogP contribution in [0.15, 0.2) is 23.0 Å². The van der Waals surface area contributed by atoms with Gasteiger partial charge in [0.15, 0.2) is 0 Å². The largest absolute Gasteiger partial charge is 0.295 e. The third-order valence-electron chi connectivity index (χ3n) is 3.89. The Bertz CT molecular complexity index is 644. The molecule has 1 N–H and O–H groups in total. The molecule has 0 fully saturated rings. The summed E-state index contributed by atoms with van der Waals surface area (Å²) < 4.78 is 1.72. The second-order valence-electron chi connectivity index (χ2n) is 5.62. The van der Waals surface area contributed by atoms with E-state index in [1.54, 1.807) is 4.68 Å². The molecule has 0 atom stereocenters. The van der Waals surface area contributed by atoms with Crippen LogP contribution in [-0.4, -0.2) is 9.78 Å². The maximum Gasteiger partial charge on any atom is 0.274 e. The van der Waals surface area contributed by atoms with E-state index >= 15 is 0 Å². The van der Waals surface area contributed by atoms with Gasteiger partial charge in [-0.25, -0.2) is 4.68 Å². The van der Waals surface area contributed by atoms with Crippen molar-refractivity contribution in [2.24, 2.45) is 0 Å². The molecule has 0 unspecified atom stereocenters. The summed E-state index contributed by atoms with van der Waals surface area (Å²) in [5.41, 5.74) is 5.61. The molecule has 0 amide bonds. The summed E-state index contributed by atoms with van der Waals surface area (Å²) in [7, 11) is 0. The van der Waals surface area contributed by atoms with Crippen molar-refractivity contribution < 1.29 is 0 Å². The Hall–Kier alpha value is -1.77. The molecule has 2 aromatic rings. The van der Waals surface area contributed by atoms with Gasteiger partial charge in [0.05, 0.1) is 5.69 Å². The zero-order valence-corrected chi connectivity index (χ0v) is 11.6. The van der Waals surface area contributed by atoms with Crippen LogP contribution >= 0.6 is 0 Å². The van der Waals surface area contributed by atoms with Crippen molar-refractivity contribution >= 4 is 0 Å². The lowest BCUT2D eigenvalue weighted by atomic mass is 10.1. The molecule has 0 bridgehead atoms. The van der Waals surface area contributed by atoms with Crippen LogP contribution in [-0.2, 0) is 12.8 Å². The summed E-state index contributed by atoms with van der Waals surface area (Å²) in [6.45, 7) is 4.13. The van der Waals surface area contributed by atoms with Crippen molar-refractivity contribution in [3.63, 3.8) is 0 Å². The van der Waals surface area contributed by atoms with E-state index in [1.807, 2.05) is 0 Å². The fourth-order valence-electron chi connectivity index (χ4n) is 3.02. The Labute approximate surface area is 113 Å². The van der Waals surface area contributed by atoms with E-state index in [-0.39, 0.29) is 5.56 Å². The van der Waals surface area contributed by atoms with E-state index in [1.165, 1.54) is 24.0 Å². The van der Waals surface area contributed by atoms with E-state index in [0.29, 0.717) is 0 Å². The minimum absolute atomic E-state index is 0.141. The number of aromatic nitrogens is 2. The van der Waals surface area contributed by atoms with Crippen molar-refractivity contribution in [3.05, 3.63) is 50.9 Å². The maximum atomic E-state index is 12.5. The molecule has 0 aliphatic heterocycles. The fraction of sp³-hybridized carbons (Fsp3) is 0.438. The van der Waals surface area contributed by atoms with E-state index in [9.17, 15) is 4.79 Å². The monoisotopic (exact) mass is 256 g/mol. The zero-order chi connectivity index (χ0) is 13.4. The van der Waals surface area contributed by atoms with E-state index in [2.05, 4.69) is 37.1 Å². The molecular formula is C16H20N2O. The molecule has 0 radical (unpaired) electrons. The number of hydrogen-bond acceptors (Lipinski definition) is 1. The lowest BCUT2D eigenvalue weighted by Crippen LogP contribution is -2.17. The van der Waals surface area contributed by atoms with Crippen molar-refractivity contribution in [2.75, 3.05) is 0 Å². The van der Waals surface area contributed by atoms with Crippen molar-refractivity contribution in [3.8, 4) is 5.69 Å². The summed E-state index contributed by atoms with van der Waals surface area (Å²) in [6.07, 6.45) is 5.46. The van der Waals surface area contributed by atoms with Crippen LogP contribution in [0.1, 0.15) is 41.6 Å². The quantitative estimate of drug-likeness (QED) is 0.782. The van der Waals surface area contributed by atoms with Gasteiger partial charge < -0.3 is 0 Å². The molecule has 3 nitrogen and oxygen atoms in total. The Kier molecular flexibility index (Phi) is 3.05. The predicted octanol–water partition coefficient (Wildman–Crippen LogP) is 3.05. The summed E-state index contributed by atoms with van der Waals surface area (Å²) in [5, 5.41) is 3.32. The second-order valence-corrected chi connectivity index (χ2v) is 5.62. The molecule has 19 heavy (non-hydrogen) atoms. The van der Waals surface area contributed by atoms with E-state index in [4.69, 9.17) is 0 Å². The minimum Gasteiger partial charge on any atom is -0.295 e. The summed E-state index contributed by atoms with van der Waals surface area (Å²) >= 11 is 0. The Balaban J connectivity index is 2.13. The van der Waals surface area contributed by atoms with Crippen LogP contribution in [0.3, 0.4) is 0 Å². The van der Waals surface area contributed by atoms with Gasteiger partial charge >= 0.3 is 0 Å². The van der Waals surface area contributed by atoms with Crippen molar-refractivity contribution in [2.45, 2.75) is 46.0 Å². The number of nitrogens with one attached hydrogen (secondary N) is 1. The molecule has 3 heteroatoms. The normalized spacial score (nSPS) is 15.1. The first kappa shape index (κ1) is 12.3. The van der Waals surface area contributed by atoms with Gasteiger partial charge in [-0.2, -0.15) is 0 Å². The van der Waals surface area contributed by atoms with Crippen LogP contribution < -0.4 is 5.56 Å². The first-order valence-electron chi connectivity index (χ1n) is 7.06. The van der Waals surface area contributed by atoms with E-state index < -0.39 is 0 Å². The predicted molar refractivity (Wildman–Crippen MR) is 77.1 cm³/mol. The highest BCUT2D eigenvalue weighted by Gasteiger charge is 2.17. The highest BCUT2D eigenvalue weighted by Crippen LogP contribution is 2.18. The topological polar surface area (TPSA) is 37.8 Å². The number of rotatable bonds is 1. The first-order chi connectivity index (χ1) is 9.15. The standard InChI is InChI=1S/C16H20N2O/c1-11-8-12(2)10-13(9-11)18-16(19)14-6-4-3-5-7-15(14)17-18/h8-10,17H,3-7H2,1-2H3. The fourth-order valence-corrected chi connectivity index (χ4v) is 3.02. The highest BCUT2D eigenvalue weighted by molar-refractivity contribution is 5.40. The van der Waals surface area contributed by atoms with Gasteiger partial charge in [-0.05, 0) is 62.8 Å². The van der Waals surface area contributed by atoms with Gasteiger partial charge in [0.25, 0.3) is 5.56 Å². The SMILES string of the molecule is Cc1cc(C)cc(-n2[nH]c3c(c2=O)CCCCC3)c1. The molecule has 0 saturated carbocycles. The van der Waals surface area contributed by atoms with Gasteiger partial charge in [-0.1, -0.05) is 12.5 Å². The Morgan fingerprint density at radius 2 is 1.68 bits per heavy atom. The number of H-pyrrole nitrogens is 1. The van der Waals surface area contributed by atoms with Gasteiger partial charge in [0, 0.05) is 11.3 Å². The zero-order valence-electron chi connectivity index (χ0n) is 11.6.